The van der Waals surface area contributed by atoms with Gasteiger partial charge in [0.25, 0.3) is 0 Å². The molecule has 1 unspecified atom stereocenters. The molecule has 0 heterocycles. The van der Waals surface area contributed by atoms with Gasteiger partial charge in [0.1, 0.15) is 0 Å². The average molecular weight is 576 g/mol. The lowest BCUT2D eigenvalue weighted by Gasteiger charge is -2.12. The van der Waals surface area contributed by atoms with Crippen LogP contribution in [-0.2, 0) is 16.0 Å². The fourth-order valence-corrected chi connectivity index (χ4v) is 4.50. The lowest BCUT2D eigenvalue weighted by Crippen LogP contribution is -2.31. The monoisotopic (exact) mass is 575 g/mol. The van der Waals surface area contributed by atoms with Crippen LogP contribution in [0.15, 0.2) is 133 Å². The first-order valence-electron chi connectivity index (χ1n) is 14.3. The van der Waals surface area contributed by atoms with Crippen LogP contribution >= 0.6 is 0 Å². The first-order chi connectivity index (χ1) is 21.4. The van der Waals surface area contributed by atoms with Crippen LogP contribution < -0.4 is 5.32 Å². The standard InChI is InChI=1S/C25H23NO.C15H10O2/c1-19(26-20(2)27)18-23-12-10-21(11-13-23)8-9-22-14-16-25(17-15-22)24-6-4-3-5-7-24;16-15(17)11-8-12-6-9-14(10-7-12)13-4-2-1-3-5-13/h3-7,10-17,19H,18H2,1-2H3,(H,26,27);1-7,9-10H,(H,16,17). The van der Waals surface area contributed by atoms with E-state index in [4.69, 9.17) is 5.11 Å². The van der Waals surface area contributed by atoms with E-state index >= 15 is 0 Å². The van der Waals surface area contributed by atoms with Gasteiger partial charge < -0.3 is 10.4 Å². The van der Waals surface area contributed by atoms with Crippen molar-refractivity contribution >= 4 is 11.9 Å². The highest BCUT2D eigenvalue weighted by atomic mass is 16.4. The van der Waals surface area contributed by atoms with Crippen molar-refractivity contribution in [3.05, 3.63) is 156 Å². The van der Waals surface area contributed by atoms with Gasteiger partial charge in [-0.2, -0.15) is 0 Å². The van der Waals surface area contributed by atoms with Crippen LogP contribution in [0.25, 0.3) is 22.3 Å². The molecule has 0 fully saturated rings. The average Bonchev–Trinajstić information content (AvgIpc) is 3.05. The van der Waals surface area contributed by atoms with Crippen LogP contribution in [0.3, 0.4) is 0 Å². The fraction of sp³-hybridized carbons (Fsp3) is 0.100. The molecule has 44 heavy (non-hydrogen) atoms. The normalized spacial score (nSPS) is 10.4. The number of rotatable bonds is 5. The van der Waals surface area contributed by atoms with Gasteiger partial charge in [0.15, 0.2) is 0 Å². The van der Waals surface area contributed by atoms with Crippen molar-refractivity contribution in [1.82, 2.24) is 5.32 Å². The summed E-state index contributed by atoms with van der Waals surface area (Å²) in [4.78, 5) is 21.4. The minimum atomic E-state index is -1.11. The van der Waals surface area contributed by atoms with Gasteiger partial charge in [-0.1, -0.05) is 115 Å². The molecule has 5 aromatic rings. The molecule has 0 saturated heterocycles. The Morgan fingerprint density at radius 3 is 1.39 bits per heavy atom. The van der Waals surface area contributed by atoms with Crippen LogP contribution in [0.2, 0.25) is 0 Å². The summed E-state index contributed by atoms with van der Waals surface area (Å²) in [6.07, 6.45) is 0.814. The van der Waals surface area contributed by atoms with Crippen molar-refractivity contribution in [2.45, 2.75) is 26.3 Å². The van der Waals surface area contributed by atoms with E-state index in [2.05, 4.69) is 77.5 Å². The number of carbonyl (C=O) groups is 2. The van der Waals surface area contributed by atoms with Gasteiger partial charge in [-0.3, -0.25) is 4.79 Å². The number of hydrogen-bond donors (Lipinski definition) is 2. The number of amides is 1. The number of carboxylic acid groups (broad SMARTS) is 1. The van der Waals surface area contributed by atoms with Gasteiger partial charge in [-0.05, 0) is 77.6 Å². The number of nitrogens with one attached hydrogen (secondary N) is 1. The zero-order valence-corrected chi connectivity index (χ0v) is 24.7. The predicted octanol–water partition coefficient (Wildman–Crippen LogP) is 7.61. The predicted molar refractivity (Wildman–Crippen MR) is 178 cm³/mol. The SMILES string of the molecule is CC(=O)NC(C)Cc1ccc(C#Cc2ccc(-c3ccccc3)cc2)cc1.O=C(O)C#Cc1ccc(-c2ccccc2)cc1. The molecule has 5 rings (SSSR count). The largest absolute Gasteiger partial charge is 0.472 e. The Morgan fingerprint density at radius 2 is 0.977 bits per heavy atom. The Hall–Kier alpha value is -5.84. The van der Waals surface area contributed by atoms with Crippen molar-refractivity contribution < 1.29 is 14.7 Å². The Bertz CT molecular complexity index is 1790. The maximum absolute atomic E-state index is 11.1. The second kappa shape index (κ2) is 16.0. The Balaban J connectivity index is 0.000000223. The Labute approximate surface area is 259 Å². The van der Waals surface area contributed by atoms with Gasteiger partial charge in [-0.25, -0.2) is 4.79 Å². The molecule has 0 aliphatic heterocycles. The molecule has 216 valence electrons. The Kier molecular flexibility index (Phi) is 11.3. The highest BCUT2D eigenvalue weighted by Crippen LogP contribution is 2.20. The molecule has 0 spiro atoms. The van der Waals surface area contributed by atoms with Gasteiger partial charge >= 0.3 is 5.97 Å². The van der Waals surface area contributed by atoms with E-state index in [-0.39, 0.29) is 11.9 Å². The number of carboxylic acids is 1. The van der Waals surface area contributed by atoms with Crippen LogP contribution in [0.5, 0.6) is 0 Å². The topological polar surface area (TPSA) is 66.4 Å². The third-order valence-corrected chi connectivity index (χ3v) is 6.59. The summed E-state index contributed by atoms with van der Waals surface area (Å²) in [6.45, 7) is 3.55. The summed E-state index contributed by atoms with van der Waals surface area (Å²) in [7, 11) is 0. The van der Waals surface area contributed by atoms with Crippen molar-refractivity contribution in [1.29, 1.82) is 0 Å². The quantitative estimate of drug-likeness (QED) is 0.212. The molecular weight excluding hydrogens is 542 g/mol. The van der Waals surface area contributed by atoms with Crippen molar-refractivity contribution in [3.63, 3.8) is 0 Å². The third-order valence-electron chi connectivity index (χ3n) is 6.59. The van der Waals surface area contributed by atoms with Gasteiger partial charge in [0.2, 0.25) is 5.91 Å². The van der Waals surface area contributed by atoms with E-state index in [1.54, 1.807) is 6.92 Å². The minimum absolute atomic E-state index is 0.00303. The van der Waals surface area contributed by atoms with Gasteiger partial charge in [-0.15, -0.1) is 0 Å². The number of aliphatic carboxylic acids is 1. The molecule has 0 aliphatic rings. The zero-order chi connectivity index (χ0) is 31.1. The summed E-state index contributed by atoms with van der Waals surface area (Å²) < 4.78 is 0. The highest BCUT2D eigenvalue weighted by Gasteiger charge is 2.04. The van der Waals surface area contributed by atoms with E-state index in [0.29, 0.717) is 5.56 Å². The van der Waals surface area contributed by atoms with Crippen LogP contribution in [0.4, 0.5) is 0 Å². The van der Waals surface area contributed by atoms with Gasteiger partial charge in [0.05, 0.1) is 0 Å². The molecule has 0 aliphatic carbocycles. The molecule has 0 aromatic heterocycles. The summed E-state index contributed by atoms with van der Waals surface area (Å²) >= 11 is 0. The molecular formula is C40H33NO3. The minimum Gasteiger partial charge on any atom is -0.472 e. The molecule has 4 heteroatoms. The number of carbonyl (C=O) groups excluding carboxylic acids is 1. The van der Waals surface area contributed by atoms with E-state index in [9.17, 15) is 9.59 Å². The van der Waals surface area contributed by atoms with Crippen LogP contribution in [0.1, 0.15) is 36.1 Å². The lowest BCUT2D eigenvalue weighted by atomic mass is 10.0. The van der Waals surface area contributed by atoms with E-state index < -0.39 is 5.97 Å². The molecule has 2 N–H and O–H groups in total. The van der Waals surface area contributed by atoms with Crippen molar-refractivity contribution in [2.24, 2.45) is 0 Å². The number of benzene rings is 5. The summed E-state index contributed by atoms with van der Waals surface area (Å²) in [5.41, 5.74) is 8.49. The molecule has 0 saturated carbocycles. The van der Waals surface area contributed by atoms with E-state index in [1.165, 1.54) is 16.7 Å². The van der Waals surface area contributed by atoms with E-state index in [1.807, 2.05) is 91.9 Å². The Morgan fingerprint density at radius 1 is 0.591 bits per heavy atom. The molecule has 0 bridgehead atoms. The fourth-order valence-electron chi connectivity index (χ4n) is 4.50. The molecule has 4 nitrogen and oxygen atoms in total. The second-order valence-electron chi connectivity index (χ2n) is 10.2. The second-order valence-corrected chi connectivity index (χ2v) is 10.2. The lowest BCUT2D eigenvalue weighted by molar-refractivity contribution is -0.130. The molecule has 1 atom stereocenters. The molecule has 5 aromatic carbocycles. The summed E-state index contributed by atoms with van der Waals surface area (Å²) in [5, 5.41) is 11.3. The third kappa shape index (κ3) is 10.2. The number of hydrogen-bond acceptors (Lipinski definition) is 2. The maximum Gasteiger partial charge on any atom is 0.382 e. The summed E-state index contributed by atoms with van der Waals surface area (Å²) in [6, 6.07) is 44.4. The van der Waals surface area contributed by atoms with Crippen LogP contribution in [0, 0.1) is 23.7 Å². The summed E-state index contributed by atoms with van der Waals surface area (Å²) in [5.74, 6) is 9.98. The first-order valence-corrected chi connectivity index (χ1v) is 14.3. The van der Waals surface area contributed by atoms with Crippen LogP contribution in [-0.4, -0.2) is 23.0 Å². The molecule has 0 radical (unpaired) electrons. The van der Waals surface area contributed by atoms with Crippen molar-refractivity contribution in [3.8, 4) is 45.9 Å². The smallest absolute Gasteiger partial charge is 0.382 e. The van der Waals surface area contributed by atoms with Crippen molar-refractivity contribution in [2.75, 3.05) is 0 Å². The first kappa shape index (κ1) is 31.1. The zero-order valence-electron chi connectivity index (χ0n) is 24.7. The van der Waals surface area contributed by atoms with Gasteiger partial charge in [0, 0.05) is 35.6 Å². The maximum atomic E-state index is 11.1. The highest BCUT2D eigenvalue weighted by molar-refractivity contribution is 5.87. The molecule has 1 amide bonds. The van der Waals surface area contributed by atoms with E-state index in [0.717, 1.165) is 28.7 Å².